The van der Waals surface area contributed by atoms with Crippen molar-refractivity contribution in [3.05, 3.63) is 42.0 Å². The van der Waals surface area contributed by atoms with E-state index >= 15 is 0 Å². The van der Waals surface area contributed by atoms with E-state index in [4.69, 9.17) is 4.74 Å². The average Bonchev–Trinajstić information content (AvgIpc) is 2.75. The standard InChI is InChI=1S/C17H21NO2/c1-12-17(19,8-9-18(12)2)15-6-4-14-11-16(20-3)7-5-13(14)10-15/h4-7,10-12,19H,8-9H2,1-3H3/t12-,17-/m0/s1. The van der Waals surface area contributed by atoms with Gasteiger partial charge >= 0.3 is 0 Å². The molecule has 0 amide bonds. The summed E-state index contributed by atoms with van der Waals surface area (Å²) in [6.07, 6.45) is 0.784. The van der Waals surface area contributed by atoms with Crippen molar-refractivity contribution in [1.29, 1.82) is 0 Å². The largest absolute Gasteiger partial charge is 0.497 e. The molecule has 0 aliphatic carbocycles. The van der Waals surface area contributed by atoms with Gasteiger partial charge in [-0.2, -0.15) is 0 Å². The molecule has 3 heteroatoms. The number of hydrogen-bond acceptors (Lipinski definition) is 3. The molecule has 1 aliphatic rings. The van der Waals surface area contributed by atoms with E-state index in [1.54, 1.807) is 7.11 Å². The van der Waals surface area contributed by atoms with Crippen LogP contribution >= 0.6 is 0 Å². The Bertz CT molecular complexity index is 640. The van der Waals surface area contributed by atoms with Gasteiger partial charge in [0.05, 0.1) is 7.11 Å². The van der Waals surface area contributed by atoms with Crippen molar-refractivity contribution < 1.29 is 9.84 Å². The first-order chi connectivity index (χ1) is 9.54. The van der Waals surface area contributed by atoms with Gasteiger partial charge in [0.2, 0.25) is 0 Å². The van der Waals surface area contributed by atoms with Gasteiger partial charge in [0.15, 0.2) is 0 Å². The van der Waals surface area contributed by atoms with Gasteiger partial charge in [0.25, 0.3) is 0 Å². The van der Waals surface area contributed by atoms with Gasteiger partial charge in [0, 0.05) is 12.6 Å². The Labute approximate surface area is 119 Å². The van der Waals surface area contributed by atoms with Gasteiger partial charge in [0.1, 0.15) is 11.4 Å². The highest BCUT2D eigenvalue weighted by molar-refractivity contribution is 5.84. The second-order valence-electron chi connectivity index (χ2n) is 5.76. The number of ether oxygens (including phenoxy) is 1. The fourth-order valence-electron chi connectivity index (χ4n) is 3.12. The van der Waals surface area contributed by atoms with Crippen molar-refractivity contribution in [2.75, 3.05) is 20.7 Å². The van der Waals surface area contributed by atoms with Crippen LogP contribution in [0.4, 0.5) is 0 Å². The lowest BCUT2D eigenvalue weighted by Crippen LogP contribution is -2.38. The van der Waals surface area contributed by atoms with Crippen LogP contribution in [-0.2, 0) is 5.60 Å². The molecule has 2 atom stereocenters. The number of likely N-dealkylation sites (tertiary alicyclic amines) is 1. The second-order valence-corrected chi connectivity index (χ2v) is 5.76. The number of hydrogen-bond donors (Lipinski definition) is 1. The highest BCUT2D eigenvalue weighted by Crippen LogP contribution is 2.38. The van der Waals surface area contributed by atoms with Gasteiger partial charge in [-0.25, -0.2) is 0 Å². The van der Waals surface area contributed by atoms with Crippen molar-refractivity contribution in [3.8, 4) is 5.75 Å². The Kier molecular flexibility index (Phi) is 3.19. The zero-order chi connectivity index (χ0) is 14.3. The van der Waals surface area contributed by atoms with Crippen LogP contribution in [0.15, 0.2) is 36.4 Å². The number of aliphatic hydroxyl groups is 1. The molecule has 1 saturated heterocycles. The van der Waals surface area contributed by atoms with Crippen LogP contribution in [0.1, 0.15) is 18.9 Å². The predicted octanol–water partition coefficient (Wildman–Crippen LogP) is 2.76. The molecule has 1 heterocycles. The topological polar surface area (TPSA) is 32.7 Å². The summed E-state index contributed by atoms with van der Waals surface area (Å²) in [5, 5.41) is 13.3. The van der Waals surface area contributed by atoms with Crippen LogP contribution in [0.2, 0.25) is 0 Å². The molecule has 2 aromatic carbocycles. The maximum Gasteiger partial charge on any atom is 0.119 e. The zero-order valence-electron chi connectivity index (χ0n) is 12.3. The molecular formula is C17H21NO2. The smallest absolute Gasteiger partial charge is 0.119 e. The van der Waals surface area contributed by atoms with Gasteiger partial charge in [-0.05, 0) is 54.9 Å². The Morgan fingerprint density at radius 3 is 2.55 bits per heavy atom. The molecule has 20 heavy (non-hydrogen) atoms. The van der Waals surface area contributed by atoms with E-state index in [9.17, 15) is 5.11 Å². The molecule has 2 aromatic rings. The minimum absolute atomic E-state index is 0.137. The normalized spacial score (nSPS) is 27.1. The zero-order valence-corrected chi connectivity index (χ0v) is 12.3. The monoisotopic (exact) mass is 271 g/mol. The molecule has 1 aliphatic heterocycles. The van der Waals surface area contributed by atoms with Crippen molar-refractivity contribution in [3.63, 3.8) is 0 Å². The molecule has 0 spiro atoms. The van der Waals surface area contributed by atoms with Crippen molar-refractivity contribution in [1.82, 2.24) is 4.90 Å². The van der Waals surface area contributed by atoms with Crippen LogP contribution in [0.5, 0.6) is 5.75 Å². The van der Waals surface area contributed by atoms with Crippen LogP contribution < -0.4 is 4.74 Å². The van der Waals surface area contributed by atoms with E-state index < -0.39 is 5.60 Å². The first-order valence-corrected chi connectivity index (χ1v) is 7.05. The average molecular weight is 271 g/mol. The quantitative estimate of drug-likeness (QED) is 0.911. The van der Waals surface area contributed by atoms with E-state index in [-0.39, 0.29) is 6.04 Å². The van der Waals surface area contributed by atoms with Gasteiger partial charge in [-0.1, -0.05) is 18.2 Å². The molecule has 1 fully saturated rings. The number of fused-ring (bicyclic) bond motifs is 1. The number of likely N-dealkylation sites (N-methyl/N-ethyl adjacent to an activating group) is 1. The number of benzene rings is 2. The number of methoxy groups -OCH3 is 1. The summed E-state index contributed by atoms with van der Waals surface area (Å²) in [7, 11) is 3.74. The van der Waals surface area contributed by atoms with E-state index in [0.717, 1.165) is 35.1 Å². The van der Waals surface area contributed by atoms with Crippen molar-refractivity contribution >= 4 is 10.8 Å². The second kappa shape index (κ2) is 4.76. The third-order valence-corrected chi connectivity index (χ3v) is 4.75. The molecular weight excluding hydrogens is 250 g/mol. The lowest BCUT2D eigenvalue weighted by Gasteiger charge is -2.30. The van der Waals surface area contributed by atoms with Crippen LogP contribution in [0.25, 0.3) is 10.8 Å². The summed E-state index contributed by atoms with van der Waals surface area (Å²) in [6.45, 7) is 3.02. The van der Waals surface area contributed by atoms with Crippen LogP contribution in [-0.4, -0.2) is 36.8 Å². The van der Waals surface area contributed by atoms with Crippen LogP contribution in [0, 0.1) is 0 Å². The summed E-state index contributed by atoms with van der Waals surface area (Å²) in [6, 6.07) is 12.4. The molecule has 0 saturated carbocycles. The molecule has 0 unspecified atom stereocenters. The minimum atomic E-state index is -0.747. The lowest BCUT2D eigenvalue weighted by atomic mass is 9.86. The van der Waals surface area contributed by atoms with Crippen LogP contribution in [0.3, 0.4) is 0 Å². The first kappa shape index (κ1) is 13.4. The Morgan fingerprint density at radius 1 is 1.20 bits per heavy atom. The van der Waals surface area contributed by atoms with Crippen molar-refractivity contribution in [2.24, 2.45) is 0 Å². The number of rotatable bonds is 2. The van der Waals surface area contributed by atoms with E-state index in [1.807, 2.05) is 24.3 Å². The maximum absolute atomic E-state index is 11.0. The highest BCUT2D eigenvalue weighted by atomic mass is 16.5. The SMILES string of the molecule is COc1ccc2cc([C@]3(O)CCN(C)[C@H]3C)ccc2c1. The van der Waals surface area contributed by atoms with Crippen molar-refractivity contribution in [2.45, 2.75) is 25.0 Å². The van der Waals surface area contributed by atoms with Gasteiger partial charge in [-0.3, -0.25) is 0 Å². The molecule has 0 bridgehead atoms. The fraction of sp³-hybridized carbons (Fsp3) is 0.412. The Balaban J connectivity index is 2.05. The fourth-order valence-corrected chi connectivity index (χ4v) is 3.12. The molecule has 3 rings (SSSR count). The summed E-state index contributed by atoms with van der Waals surface area (Å²) in [5.41, 5.74) is 0.259. The summed E-state index contributed by atoms with van der Waals surface area (Å²) >= 11 is 0. The molecule has 106 valence electrons. The Hall–Kier alpha value is -1.58. The highest BCUT2D eigenvalue weighted by Gasteiger charge is 2.43. The predicted molar refractivity (Wildman–Crippen MR) is 81.1 cm³/mol. The summed E-state index contributed by atoms with van der Waals surface area (Å²) in [4.78, 5) is 2.21. The molecule has 1 N–H and O–H groups in total. The minimum Gasteiger partial charge on any atom is -0.497 e. The van der Waals surface area contributed by atoms with Gasteiger partial charge in [-0.15, -0.1) is 0 Å². The van der Waals surface area contributed by atoms with E-state index in [1.165, 1.54) is 0 Å². The molecule has 0 aromatic heterocycles. The number of nitrogens with zero attached hydrogens (tertiary/aromatic N) is 1. The Morgan fingerprint density at radius 2 is 1.90 bits per heavy atom. The first-order valence-electron chi connectivity index (χ1n) is 7.05. The lowest BCUT2D eigenvalue weighted by molar-refractivity contribution is 0.0110. The van der Waals surface area contributed by atoms with E-state index in [2.05, 4.69) is 31.0 Å². The summed E-state index contributed by atoms with van der Waals surface area (Å²) < 4.78 is 5.25. The molecule has 3 nitrogen and oxygen atoms in total. The third kappa shape index (κ3) is 1.98. The van der Waals surface area contributed by atoms with Gasteiger partial charge < -0.3 is 14.7 Å². The third-order valence-electron chi connectivity index (χ3n) is 4.75. The maximum atomic E-state index is 11.0. The summed E-state index contributed by atoms with van der Waals surface area (Å²) in [5.74, 6) is 0.859. The van der Waals surface area contributed by atoms with E-state index in [0.29, 0.717) is 0 Å². The molecule has 0 radical (unpaired) electrons.